The van der Waals surface area contributed by atoms with E-state index in [2.05, 4.69) is 20.8 Å². The molecule has 0 unspecified atom stereocenters. The van der Waals surface area contributed by atoms with Crippen LogP contribution >= 0.6 is 34.8 Å². The van der Waals surface area contributed by atoms with Gasteiger partial charge >= 0.3 is 0 Å². The zero-order chi connectivity index (χ0) is 23.0. The van der Waals surface area contributed by atoms with Gasteiger partial charge in [-0.05, 0) is 41.3 Å². The molecule has 0 aliphatic carbocycles. The fraction of sp³-hybridized carbons (Fsp3) is 0.192. The second-order valence-corrected chi connectivity index (χ2v) is 9.80. The first kappa shape index (κ1) is 22.7. The van der Waals surface area contributed by atoms with Crippen molar-refractivity contribution in [3.05, 3.63) is 97.1 Å². The van der Waals surface area contributed by atoms with E-state index in [1.54, 1.807) is 36.4 Å². The first-order valence-electron chi connectivity index (χ1n) is 10.1. The minimum atomic E-state index is -0.313. The topological polar surface area (TPSA) is 39.4 Å². The second kappa shape index (κ2) is 8.82. The number of hydrogen-bond acceptors (Lipinski definition) is 3. The molecule has 0 N–H and O–H groups in total. The maximum absolute atomic E-state index is 13.4. The third-order valence-corrected chi connectivity index (χ3v) is 6.19. The highest BCUT2D eigenvalue weighted by Gasteiger charge is 2.20. The Morgan fingerprint density at radius 1 is 0.906 bits per heavy atom. The van der Waals surface area contributed by atoms with Crippen molar-refractivity contribution in [3.63, 3.8) is 0 Å². The van der Waals surface area contributed by atoms with Crippen molar-refractivity contribution in [2.75, 3.05) is 0 Å². The van der Waals surface area contributed by atoms with Crippen LogP contribution in [0.1, 0.15) is 31.9 Å². The Kier molecular flexibility index (Phi) is 6.26. The first-order chi connectivity index (χ1) is 15.1. The van der Waals surface area contributed by atoms with E-state index >= 15 is 0 Å². The van der Waals surface area contributed by atoms with Crippen molar-refractivity contribution < 1.29 is 9.15 Å². The number of benzene rings is 3. The molecule has 6 heteroatoms. The van der Waals surface area contributed by atoms with Gasteiger partial charge in [-0.3, -0.25) is 4.79 Å². The van der Waals surface area contributed by atoms with Crippen molar-refractivity contribution in [2.45, 2.75) is 32.8 Å². The molecule has 4 aromatic rings. The van der Waals surface area contributed by atoms with Gasteiger partial charge in [0.15, 0.2) is 5.76 Å². The molecule has 164 valence electrons. The van der Waals surface area contributed by atoms with Crippen LogP contribution in [0.5, 0.6) is 5.75 Å². The molecular formula is C26H21Cl3O3. The van der Waals surface area contributed by atoms with E-state index in [1.807, 2.05) is 24.3 Å². The summed E-state index contributed by atoms with van der Waals surface area (Å²) in [5.74, 6) is 0.424. The highest BCUT2D eigenvalue weighted by Crippen LogP contribution is 2.34. The summed E-state index contributed by atoms with van der Waals surface area (Å²) < 4.78 is 12.1. The minimum Gasteiger partial charge on any atom is -0.481 e. The van der Waals surface area contributed by atoms with E-state index in [0.717, 1.165) is 5.56 Å². The Morgan fingerprint density at radius 2 is 1.56 bits per heavy atom. The molecule has 0 radical (unpaired) electrons. The lowest BCUT2D eigenvalue weighted by Gasteiger charge is -2.19. The monoisotopic (exact) mass is 486 g/mol. The molecular weight excluding hydrogens is 467 g/mol. The van der Waals surface area contributed by atoms with Gasteiger partial charge in [0.25, 0.3) is 0 Å². The van der Waals surface area contributed by atoms with Gasteiger partial charge in [0.2, 0.25) is 11.2 Å². The van der Waals surface area contributed by atoms with Crippen molar-refractivity contribution >= 4 is 45.8 Å². The Labute approximate surface area is 201 Å². The van der Waals surface area contributed by atoms with Gasteiger partial charge in [-0.15, -0.1) is 0 Å². The predicted octanol–water partition coefficient (Wildman–Crippen LogP) is 8.30. The fourth-order valence-corrected chi connectivity index (χ4v) is 4.09. The molecule has 4 rings (SSSR count). The van der Waals surface area contributed by atoms with Crippen LogP contribution in [0.15, 0.2) is 69.9 Å². The largest absolute Gasteiger partial charge is 0.481 e. The van der Waals surface area contributed by atoms with Crippen LogP contribution in [-0.4, -0.2) is 0 Å². The summed E-state index contributed by atoms with van der Waals surface area (Å²) in [4.78, 5) is 13.4. The second-order valence-electron chi connectivity index (χ2n) is 8.55. The molecule has 32 heavy (non-hydrogen) atoms. The molecule has 0 fully saturated rings. The highest BCUT2D eigenvalue weighted by atomic mass is 35.5. The molecule has 0 aliphatic rings. The van der Waals surface area contributed by atoms with E-state index in [9.17, 15) is 4.79 Å². The molecule has 0 saturated carbocycles. The van der Waals surface area contributed by atoms with Gasteiger partial charge in [0.1, 0.15) is 12.2 Å². The van der Waals surface area contributed by atoms with E-state index < -0.39 is 0 Å². The molecule has 0 atom stereocenters. The van der Waals surface area contributed by atoms with E-state index in [1.165, 1.54) is 5.56 Å². The molecule has 0 spiro atoms. The van der Waals surface area contributed by atoms with E-state index in [0.29, 0.717) is 37.4 Å². The minimum absolute atomic E-state index is 0.000359. The molecule has 1 aromatic heterocycles. The fourth-order valence-electron chi connectivity index (χ4n) is 3.41. The molecule has 1 heterocycles. The van der Waals surface area contributed by atoms with Gasteiger partial charge in [0, 0.05) is 26.2 Å². The first-order valence-corrected chi connectivity index (χ1v) is 11.2. The van der Waals surface area contributed by atoms with Crippen molar-refractivity contribution in [1.29, 1.82) is 0 Å². The maximum Gasteiger partial charge on any atom is 0.235 e. The normalized spacial score (nSPS) is 11.7. The highest BCUT2D eigenvalue weighted by molar-refractivity contribution is 6.36. The van der Waals surface area contributed by atoms with Crippen molar-refractivity contribution in [1.82, 2.24) is 0 Å². The molecule has 0 saturated heterocycles. The summed E-state index contributed by atoms with van der Waals surface area (Å²) in [6, 6.07) is 18.0. The van der Waals surface area contributed by atoms with Crippen LogP contribution in [-0.2, 0) is 12.0 Å². The smallest absolute Gasteiger partial charge is 0.235 e. The summed E-state index contributed by atoms with van der Waals surface area (Å²) >= 11 is 18.7. The lowest BCUT2D eigenvalue weighted by molar-refractivity contribution is 0.298. The zero-order valence-corrected chi connectivity index (χ0v) is 20.1. The van der Waals surface area contributed by atoms with Crippen LogP contribution < -0.4 is 10.2 Å². The van der Waals surface area contributed by atoms with Gasteiger partial charge in [-0.25, -0.2) is 0 Å². The lowest BCUT2D eigenvalue weighted by Crippen LogP contribution is -2.12. The number of ether oxygens (including phenoxy) is 1. The summed E-state index contributed by atoms with van der Waals surface area (Å²) in [7, 11) is 0. The zero-order valence-electron chi connectivity index (χ0n) is 17.8. The Balaban J connectivity index is 1.85. The van der Waals surface area contributed by atoms with Crippen LogP contribution in [0.3, 0.4) is 0 Å². The summed E-state index contributed by atoms with van der Waals surface area (Å²) in [6.45, 7) is 6.44. The van der Waals surface area contributed by atoms with Gasteiger partial charge in [-0.2, -0.15) is 0 Å². The number of hydrogen-bond donors (Lipinski definition) is 0. The molecule has 3 aromatic carbocycles. The number of rotatable bonds is 4. The van der Waals surface area contributed by atoms with Crippen molar-refractivity contribution in [3.8, 4) is 17.1 Å². The maximum atomic E-state index is 13.4. The number of fused-ring (bicyclic) bond motifs is 1. The Hall–Kier alpha value is -2.46. The van der Waals surface area contributed by atoms with E-state index in [4.69, 9.17) is 44.0 Å². The van der Waals surface area contributed by atoms with Crippen LogP contribution in [0.4, 0.5) is 0 Å². The van der Waals surface area contributed by atoms with Crippen LogP contribution in [0.25, 0.3) is 22.3 Å². The third kappa shape index (κ3) is 4.52. The number of halogens is 3. The van der Waals surface area contributed by atoms with Crippen LogP contribution in [0, 0.1) is 0 Å². The molecule has 0 aliphatic heterocycles. The molecule has 3 nitrogen and oxygen atoms in total. The average molecular weight is 488 g/mol. The van der Waals surface area contributed by atoms with Crippen LogP contribution in [0.2, 0.25) is 15.1 Å². The standard InChI is InChI=1S/C26H21Cl3O3/c1-26(2,3)16-9-7-15(8-10-16)24-25(31-14-19-20(28)5-4-6-21(19)29)23(30)18-13-17(27)11-12-22(18)32-24/h4-13H,14H2,1-3H3. The third-order valence-electron chi connectivity index (χ3n) is 5.25. The van der Waals surface area contributed by atoms with E-state index in [-0.39, 0.29) is 23.2 Å². The SMILES string of the molecule is CC(C)(C)c1ccc(-c2oc3ccc(Cl)cc3c(=O)c2OCc2c(Cl)cccc2Cl)cc1. The Bertz CT molecular complexity index is 1330. The quantitative estimate of drug-likeness (QED) is 0.290. The van der Waals surface area contributed by atoms with Gasteiger partial charge in [0.05, 0.1) is 5.39 Å². The predicted molar refractivity (Wildman–Crippen MR) is 132 cm³/mol. The Morgan fingerprint density at radius 3 is 2.19 bits per heavy atom. The summed E-state index contributed by atoms with van der Waals surface area (Å²) in [6.07, 6.45) is 0. The molecule has 0 amide bonds. The van der Waals surface area contributed by atoms with Gasteiger partial charge in [-0.1, -0.05) is 85.9 Å². The average Bonchev–Trinajstić information content (AvgIpc) is 2.74. The molecule has 0 bridgehead atoms. The van der Waals surface area contributed by atoms with Crippen molar-refractivity contribution in [2.24, 2.45) is 0 Å². The summed E-state index contributed by atoms with van der Waals surface area (Å²) in [5.41, 5.74) is 2.60. The lowest BCUT2D eigenvalue weighted by atomic mass is 9.86. The summed E-state index contributed by atoms with van der Waals surface area (Å²) in [5, 5.41) is 1.70. The van der Waals surface area contributed by atoms with Gasteiger partial charge < -0.3 is 9.15 Å².